The van der Waals surface area contributed by atoms with Crippen LogP contribution in [0.15, 0.2) is 84.5 Å². The topological polar surface area (TPSA) is 0 Å². The van der Waals surface area contributed by atoms with Crippen molar-refractivity contribution in [1.29, 1.82) is 0 Å². The summed E-state index contributed by atoms with van der Waals surface area (Å²) in [7, 11) is 0. The van der Waals surface area contributed by atoms with Crippen molar-refractivity contribution in [3.63, 3.8) is 0 Å². The first-order valence-electron chi connectivity index (χ1n) is 15.3. The van der Waals surface area contributed by atoms with Crippen LogP contribution in [-0.2, 0) is 5.41 Å². The molecule has 3 aliphatic rings. The molecular weight excluding hydrogens is 432 g/mol. The van der Waals surface area contributed by atoms with Crippen molar-refractivity contribution in [2.24, 2.45) is 17.8 Å². The summed E-state index contributed by atoms with van der Waals surface area (Å²) < 4.78 is 0. The normalized spacial score (nSPS) is 30.6. The van der Waals surface area contributed by atoms with Gasteiger partial charge in [0.1, 0.15) is 0 Å². The summed E-state index contributed by atoms with van der Waals surface area (Å²) in [5.41, 5.74) is 4.91. The molecule has 3 aliphatic carbocycles. The van der Waals surface area contributed by atoms with E-state index < -0.39 is 0 Å². The Morgan fingerprint density at radius 3 is 1.92 bits per heavy atom. The van der Waals surface area contributed by atoms with Crippen molar-refractivity contribution in [3.05, 3.63) is 95.6 Å². The molecule has 2 aromatic carbocycles. The second kappa shape index (κ2) is 12.4. The van der Waals surface area contributed by atoms with Crippen molar-refractivity contribution in [2.75, 3.05) is 0 Å². The molecule has 0 amide bonds. The maximum atomic E-state index is 2.64. The summed E-state index contributed by atoms with van der Waals surface area (Å²) in [4.78, 5) is 0. The highest BCUT2D eigenvalue weighted by molar-refractivity contribution is 5.40. The fourth-order valence-electron chi connectivity index (χ4n) is 7.56. The minimum absolute atomic E-state index is 0.199. The minimum Gasteiger partial charge on any atom is -0.0798 e. The molecule has 1 atom stereocenters. The molecule has 0 nitrogen and oxygen atoms in total. The molecule has 0 aromatic heterocycles. The van der Waals surface area contributed by atoms with E-state index in [1.807, 2.05) is 0 Å². The Hall–Kier alpha value is -2.08. The standard InChI is InChI=1S/C36H48/c1-2-3-10-29-15-17-30(18-16-29)23-26-36(35-13-8-5-9-14-35)27-24-34(25-28-36)33-21-19-32(20-22-33)31-11-6-4-7-12-31/h4-9,11-14,24-25,27,29-30,32-33H,2-3,10,15-23,26,28H2,1H3. The third-order valence-electron chi connectivity index (χ3n) is 10.0. The zero-order chi connectivity index (χ0) is 24.6. The monoisotopic (exact) mass is 480 g/mol. The predicted molar refractivity (Wildman–Crippen MR) is 155 cm³/mol. The predicted octanol–water partition coefficient (Wildman–Crippen LogP) is 10.6. The Kier molecular flexibility index (Phi) is 8.84. The van der Waals surface area contributed by atoms with Crippen molar-refractivity contribution < 1.29 is 0 Å². The maximum absolute atomic E-state index is 2.64. The minimum atomic E-state index is 0.199. The van der Waals surface area contributed by atoms with Crippen LogP contribution >= 0.6 is 0 Å². The van der Waals surface area contributed by atoms with Gasteiger partial charge < -0.3 is 0 Å². The molecule has 0 heteroatoms. The number of hydrogen-bond acceptors (Lipinski definition) is 0. The summed E-state index contributed by atoms with van der Waals surface area (Å²) in [6, 6.07) is 22.6. The van der Waals surface area contributed by atoms with Crippen LogP contribution in [0.3, 0.4) is 0 Å². The SMILES string of the molecule is CCCCC1CCC(CCC2(c3ccccc3)C=CC(C3CCC(c4ccccc4)CC3)=CC2)CC1. The van der Waals surface area contributed by atoms with Gasteiger partial charge in [-0.25, -0.2) is 0 Å². The Morgan fingerprint density at radius 1 is 0.694 bits per heavy atom. The van der Waals surface area contributed by atoms with Crippen LogP contribution in [0.4, 0.5) is 0 Å². The lowest BCUT2D eigenvalue weighted by Crippen LogP contribution is -2.27. The molecule has 0 aliphatic heterocycles. The van der Waals surface area contributed by atoms with Gasteiger partial charge in [0, 0.05) is 5.41 Å². The van der Waals surface area contributed by atoms with Crippen molar-refractivity contribution >= 4 is 0 Å². The van der Waals surface area contributed by atoms with Crippen LogP contribution in [-0.4, -0.2) is 0 Å². The van der Waals surface area contributed by atoms with Crippen molar-refractivity contribution in [1.82, 2.24) is 0 Å². The zero-order valence-corrected chi connectivity index (χ0v) is 22.7. The van der Waals surface area contributed by atoms with Crippen LogP contribution in [0.1, 0.15) is 114 Å². The van der Waals surface area contributed by atoms with Gasteiger partial charge in [0.15, 0.2) is 0 Å². The van der Waals surface area contributed by atoms with Crippen LogP contribution in [0.2, 0.25) is 0 Å². The van der Waals surface area contributed by atoms with Crippen LogP contribution in [0.25, 0.3) is 0 Å². The van der Waals surface area contributed by atoms with Crippen LogP contribution in [0.5, 0.6) is 0 Å². The van der Waals surface area contributed by atoms with Gasteiger partial charge >= 0.3 is 0 Å². The van der Waals surface area contributed by atoms with E-state index >= 15 is 0 Å². The Morgan fingerprint density at radius 2 is 1.31 bits per heavy atom. The lowest BCUT2D eigenvalue weighted by atomic mass is 9.67. The van der Waals surface area contributed by atoms with E-state index in [1.165, 1.54) is 95.5 Å². The largest absolute Gasteiger partial charge is 0.0798 e. The molecule has 0 spiro atoms. The van der Waals surface area contributed by atoms with Gasteiger partial charge in [-0.15, -0.1) is 0 Å². The van der Waals surface area contributed by atoms with E-state index in [-0.39, 0.29) is 5.41 Å². The molecule has 2 saturated carbocycles. The van der Waals surface area contributed by atoms with Gasteiger partial charge in [0.2, 0.25) is 0 Å². The Balaban J connectivity index is 1.19. The molecule has 2 aromatic rings. The lowest BCUT2D eigenvalue weighted by Gasteiger charge is -2.38. The highest BCUT2D eigenvalue weighted by Crippen LogP contribution is 2.45. The van der Waals surface area contributed by atoms with Crippen molar-refractivity contribution in [3.8, 4) is 0 Å². The van der Waals surface area contributed by atoms with Gasteiger partial charge in [0.25, 0.3) is 0 Å². The zero-order valence-electron chi connectivity index (χ0n) is 22.7. The first-order chi connectivity index (χ1) is 17.8. The second-order valence-electron chi connectivity index (χ2n) is 12.3. The van der Waals surface area contributed by atoms with Gasteiger partial charge in [-0.05, 0) is 85.3 Å². The van der Waals surface area contributed by atoms with E-state index in [1.54, 1.807) is 11.1 Å². The molecule has 2 fully saturated rings. The van der Waals surface area contributed by atoms with Gasteiger partial charge in [-0.3, -0.25) is 0 Å². The molecule has 0 heterocycles. The molecule has 0 radical (unpaired) electrons. The average Bonchev–Trinajstić information content (AvgIpc) is 2.97. The third kappa shape index (κ3) is 6.24. The third-order valence-corrected chi connectivity index (χ3v) is 10.0. The summed E-state index contributed by atoms with van der Waals surface area (Å²) >= 11 is 0. The molecule has 0 bridgehead atoms. The molecule has 0 saturated heterocycles. The van der Waals surface area contributed by atoms with Crippen molar-refractivity contribution in [2.45, 2.75) is 108 Å². The molecule has 1 unspecified atom stereocenters. The van der Waals surface area contributed by atoms with E-state index in [9.17, 15) is 0 Å². The van der Waals surface area contributed by atoms with Gasteiger partial charge in [-0.1, -0.05) is 131 Å². The van der Waals surface area contributed by atoms with E-state index in [0.717, 1.165) is 23.7 Å². The highest BCUT2D eigenvalue weighted by Gasteiger charge is 2.33. The molecule has 0 N–H and O–H groups in total. The van der Waals surface area contributed by atoms with Crippen LogP contribution in [0, 0.1) is 17.8 Å². The molecular formula is C36H48. The highest BCUT2D eigenvalue weighted by atomic mass is 14.4. The number of benzene rings is 2. The smallest absolute Gasteiger partial charge is 0.0170 e. The molecule has 192 valence electrons. The van der Waals surface area contributed by atoms with Gasteiger partial charge in [0.05, 0.1) is 0 Å². The molecule has 5 rings (SSSR count). The first kappa shape index (κ1) is 25.6. The number of allylic oxidation sites excluding steroid dienone is 4. The van der Waals surface area contributed by atoms with Crippen LogP contribution < -0.4 is 0 Å². The fourth-order valence-corrected chi connectivity index (χ4v) is 7.56. The average molecular weight is 481 g/mol. The number of hydrogen-bond donors (Lipinski definition) is 0. The van der Waals surface area contributed by atoms with E-state index in [2.05, 4.69) is 85.8 Å². The summed E-state index contributed by atoms with van der Waals surface area (Å²) in [6.45, 7) is 2.34. The quantitative estimate of drug-likeness (QED) is 0.335. The van der Waals surface area contributed by atoms with Gasteiger partial charge in [-0.2, -0.15) is 0 Å². The first-order valence-corrected chi connectivity index (χ1v) is 15.3. The molecule has 36 heavy (non-hydrogen) atoms. The van der Waals surface area contributed by atoms with E-state index in [4.69, 9.17) is 0 Å². The van der Waals surface area contributed by atoms with E-state index in [0.29, 0.717) is 0 Å². The fraction of sp³-hybridized carbons (Fsp3) is 0.556. The summed E-state index contributed by atoms with van der Waals surface area (Å²) in [6.07, 6.45) is 27.2. The maximum Gasteiger partial charge on any atom is 0.0170 e. The Labute approximate surface area is 221 Å². The Bertz CT molecular complexity index is 967. The second-order valence-corrected chi connectivity index (χ2v) is 12.3. The lowest BCUT2D eigenvalue weighted by molar-refractivity contribution is 0.236. The summed E-state index contributed by atoms with van der Waals surface area (Å²) in [5, 5.41) is 0. The number of unbranched alkanes of at least 4 members (excludes halogenated alkanes) is 1. The summed E-state index contributed by atoms with van der Waals surface area (Å²) in [5.74, 6) is 3.47. The number of rotatable bonds is 9.